The van der Waals surface area contributed by atoms with Crippen LogP contribution in [0.15, 0.2) is 28.5 Å². The quantitative estimate of drug-likeness (QED) is 0.309. The molecule has 11 heteroatoms. The van der Waals surface area contributed by atoms with Gasteiger partial charge in [-0.15, -0.1) is 0 Å². The molecule has 0 N–H and O–H groups in total. The monoisotopic (exact) mass is 434 g/mol. The van der Waals surface area contributed by atoms with E-state index in [-0.39, 0.29) is 23.0 Å². The maximum absolute atomic E-state index is 12.7. The van der Waals surface area contributed by atoms with E-state index in [1.807, 2.05) is 0 Å². The SMILES string of the molecule is CSc1nc2c(c(OS(=O)(=O)C(F)(F)F)n1)CCC1(CC3=CCCC=C3C1)O2. The lowest BCUT2D eigenvalue weighted by Gasteiger charge is -2.34. The van der Waals surface area contributed by atoms with Crippen molar-refractivity contribution in [1.82, 2.24) is 9.97 Å². The van der Waals surface area contributed by atoms with E-state index in [0.29, 0.717) is 19.3 Å². The van der Waals surface area contributed by atoms with Gasteiger partial charge in [0.25, 0.3) is 0 Å². The fourth-order valence-corrected chi connectivity index (χ4v) is 4.59. The van der Waals surface area contributed by atoms with E-state index in [1.54, 1.807) is 6.26 Å². The zero-order chi connectivity index (χ0) is 20.2. The Kier molecular flexibility index (Phi) is 4.65. The lowest BCUT2D eigenvalue weighted by atomic mass is 9.90. The van der Waals surface area contributed by atoms with Crippen molar-refractivity contribution in [2.45, 2.75) is 54.8 Å². The Morgan fingerprint density at radius 3 is 2.39 bits per heavy atom. The Balaban J connectivity index is 1.69. The normalized spacial score (nSPS) is 20.7. The van der Waals surface area contributed by atoms with Crippen molar-refractivity contribution in [1.29, 1.82) is 0 Å². The minimum absolute atomic E-state index is 0.0806. The predicted molar refractivity (Wildman–Crippen MR) is 95.7 cm³/mol. The van der Waals surface area contributed by atoms with E-state index < -0.39 is 27.1 Å². The summed E-state index contributed by atoms with van der Waals surface area (Å²) in [6, 6.07) is 0. The number of rotatable bonds is 3. The first-order valence-electron chi connectivity index (χ1n) is 8.66. The van der Waals surface area contributed by atoms with Gasteiger partial charge in [-0.05, 0) is 43.1 Å². The van der Waals surface area contributed by atoms with Crippen LogP contribution in [0.5, 0.6) is 11.8 Å². The predicted octanol–water partition coefficient (Wildman–Crippen LogP) is 3.93. The van der Waals surface area contributed by atoms with Gasteiger partial charge >= 0.3 is 15.6 Å². The molecule has 6 nitrogen and oxygen atoms in total. The second kappa shape index (κ2) is 6.65. The number of hydrogen-bond donors (Lipinski definition) is 0. The fraction of sp³-hybridized carbons (Fsp3) is 0.529. The molecule has 0 unspecified atom stereocenters. The van der Waals surface area contributed by atoms with Crippen molar-refractivity contribution in [3.05, 3.63) is 28.9 Å². The van der Waals surface area contributed by atoms with Crippen LogP contribution in [0.2, 0.25) is 0 Å². The second-order valence-corrected chi connectivity index (χ2v) is 9.27. The molecule has 0 radical (unpaired) electrons. The molecule has 0 saturated heterocycles. The molecule has 2 heterocycles. The van der Waals surface area contributed by atoms with Gasteiger partial charge in [-0.25, -0.2) is 0 Å². The molecule has 0 amide bonds. The molecular formula is C17H17F3N2O4S2. The standard InChI is InChI=1S/C17H17F3N2O4S2/c1-27-15-21-13-12(14(22-15)26-28(23,24)17(18,19)20)6-7-16(25-13)8-10-4-2-3-5-11(10)9-16/h4-5H,2-3,6-9H2,1H3. The fourth-order valence-electron chi connectivity index (χ4n) is 3.80. The van der Waals surface area contributed by atoms with Crippen LogP contribution in [-0.2, 0) is 16.5 Å². The number of ether oxygens (including phenoxy) is 1. The lowest BCUT2D eigenvalue weighted by Crippen LogP contribution is -2.38. The molecule has 0 bridgehead atoms. The van der Waals surface area contributed by atoms with Gasteiger partial charge in [0.2, 0.25) is 11.8 Å². The second-order valence-electron chi connectivity index (χ2n) is 6.96. The van der Waals surface area contributed by atoms with Gasteiger partial charge in [0.1, 0.15) is 5.60 Å². The first-order chi connectivity index (χ1) is 13.1. The minimum atomic E-state index is -5.83. The van der Waals surface area contributed by atoms with Crippen LogP contribution < -0.4 is 8.92 Å². The molecule has 1 spiro atoms. The molecule has 1 aromatic heterocycles. The summed E-state index contributed by atoms with van der Waals surface area (Å²) >= 11 is 1.06. The first kappa shape index (κ1) is 19.6. The number of hydrogen-bond acceptors (Lipinski definition) is 7. The van der Waals surface area contributed by atoms with Crippen molar-refractivity contribution in [3.63, 3.8) is 0 Å². The summed E-state index contributed by atoms with van der Waals surface area (Å²) in [5.74, 6) is -0.520. The third kappa shape index (κ3) is 3.38. The zero-order valence-electron chi connectivity index (χ0n) is 14.9. The maximum atomic E-state index is 12.7. The Morgan fingerprint density at radius 2 is 1.82 bits per heavy atom. The van der Waals surface area contributed by atoms with Gasteiger partial charge in [-0.1, -0.05) is 23.9 Å². The molecule has 4 rings (SSSR count). The van der Waals surface area contributed by atoms with Crippen molar-refractivity contribution in [2.75, 3.05) is 6.26 Å². The highest BCUT2D eigenvalue weighted by Gasteiger charge is 2.50. The van der Waals surface area contributed by atoms with Gasteiger partial charge in [0.05, 0.1) is 5.56 Å². The number of allylic oxidation sites excluding steroid dienone is 2. The average molecular weight is 434 g/mol. The summed E-state index contributed by atoms with van der Waals surface area (Å²) < 4.78 is 71.6. The van der Waals surface area contributed by atoms with Gasteiger partial charge in [-0.2, -0.15) is 31.6 Å². The number of nitrogens with zero attached hydrogens (tertiary/aromatic N) is 2. The van der Waals surface area contributed by atoms with E-state index >= 15 is 0 Å². The highest BCUT2D eigenvalue weighted by molar-refractivity contribution is 7.98. The lowest BCUT2D eigenvalue weighted by molar-refractivity contribution is -0.0502. The summed E-state index contributed by atoms with van der Waals surface area (Å²) in [7, 11) is -5.83. The largest absolute Gasteiger partial charge is 0.534 e. The maximum Gasteiger partial charge on any atom is 0.534 e. The molecular weight excluding hydrogens is 417 g/mol. The van der Waals surface area contributed by atoms with E-state index in [9.17, 15) is 21.6 Å². The van der Waals surface area contributed by atoms with E-state index in [2.05, 4.69) is 26.3 Å². The van der Waals surface area contributed by atoms with Crippen LogP contribution in [0.1, 0.15) is 37.7 Å². The van der Waals surface area contributed by atoms with Crippen LogP contribution in [0.4, 0.5) is 13.2 Å². The van der Waals surface area contributed by atoms with Gasteiger partial charge < -0.3 is 8.92 Å². The molecule has 0 atom stereocenters. The molecule has 28 heavy (non-hydrogen) atoms. The molecule has 1 saturated carbocycles. The Hall–Kier alpha value is -1.75. The van der Waals surface area contributed by atoms with Crippen molar-refractivity contribution in [3.8, 4) is 11.8 Å². The molecule has 152 valence electrons. The Labute approximate surface area is 164 Å². The first-order valence-corrected chi connectivity index (χ1v) is 11.3. The highest BCUT2D eigenvalue weighted by Crippen LogP contribution is 2.49. The summed E-state index contributed by atoms with van der Waals surface area (Å²) in [5, 5.41) is 0.0806. The Morgan fingerprint density at radius 1 is 1.18 bits per heavy atom. The average Bonchev–Trinajstić information content (AvgIpc) is 2.97. The number of fused-ring (bicyclic) bond motifs is 2. The van der Waals surface area contributed by atoms with E-state index in [1.165, 1.54) is 11.1 Å². The minimum Gasteiger partial charge on any atom is -0.470 e. The van der Waals surface area contributed by atoms with Crippen LogP contribution in [0.25, 0.3) is 0 Å². The summed E-state index contributed by atoms with van der Waals surface area (Å²) in [6.07, 6.45) is 10.2. The molecule has 1 aliphatic heterocycles. The topological polar surface area (TPSA) is 78.4 Å². The number of thioether (sulfide) groups is 1. The molecule has 1 fully saturated rings. The summed E-state index contributed by atoms with van der Waals surface area (Å²) in [5.41, 5.74) is -3.43. The Bertz CT molecular complexity index is 965. The summed E-state index contributed by atoms with van der Waals surface area (Å²) in [4.78, 5) is 8.09. The molecule has 1 aromatic rings. The van der Waals surface area contributed by atoms with E-state index in [0.717, 1.165) is 24.6 Å². The number of halogens is 3. The van der Waals surface area contributed by atoms with Crippen LogP contribution in [0, 0.1) is 0 Å². The van der Waals surface area contributed by atoms with Gasteiger partial charge in [0.15, 0.2) is 5.16 Å². The molecule has 2 aliphatic carbocycles. The number of alkyl halides is 3. The van der Waals surface area contributed by atoms with Crippen molar-refractivity contribution < 1.29 is 30.5 Å². The highest BCUT2D eigenvalue weighted by atomic mass is 32.2. The summed E-state index contributed by atoms with van der Waals surface area (Å²) in [6.45, 7) is 0. The van der Waals surface area contributed by atoms with Crippen LogP contribution in [-0.4, -0.2) is 35.8 Å². The molecule has 0 aromatic carbocycles. The van der Waals surface area contributed by atoms with Crippen LogP contribution >= 0.6 is 11.8 Å². The van der Waals surface area contributed by atoms with Crippen molar-refractivity contribution >= 4 is 21.9 Å². The third-order valence-corrected chi connectivity index (χ3v) is 6.59. The third-order valence-electron chi connectivity index (χ3n) is 5.10. The number of aromatic nitrogens is 2. The van der Waals surface area contributed by atoms with Gasteiger partial charge in [-0.3, -0.25) is 0 Å². The smallest absolute Gasteiger partial charge is 0.470 e. The van der Waals surface area contributed by atoms with E-state index in [4.69, 9.17) is 4.74 Å². The van der Waals surface area contributed by atoms with Crippen LogP contribution in [0.3, 0.4) is 0 Å². The zero-order valence-corrected chi connectivity index (χ0v) is 16.5. The molecule has 3 aliphatic rings. The van der Waals surface area contributed by atoms with Crippen molar-refractivity contribution in [2.24, 2.45) is 0 Å². The van der Waals surface area contributed by atoms with Gasteiger partial charge in [0, 0.05) is 12.8 Å².